The van der Waals surface area contributed by atoms with Crippen molar-refractivity contribution in [2.24, 2.45) is 0 Å². The number of esters is 1. The van der Waals surface area contributed by atoms with Crippen LogP contribution in [-0.4, -0.2) is 22.5 Å². The second-order valence-electron chi connectivity index (χ2n) is 2.68. The minimum Gasteiger partial charge on any atom is -0.463 e. The molecule has 0 saturated heterocycles. The zero-order valence-corrected chi connectivity index (χ0v) is 8.98. The Bertz CT molecular complexity index is 493. The van der Waals surface area contributed by atoms with Crippen molar-refractivity contribution in [1.29, 1.82) is 0 Å². The Hall–Kier alpha value is -1.36. The zero-order chi connectivity index (χ0) is 10.1. The van der Waals surface area contributed by atoms with Gasteiger partial charge in [-0.1, -0.05) is 0 Å². The second kappa shape index (κ2) is 3.42. The van der Waals surface area contributed by atoms with Crippen molar-refractivity contribution in [3.8, 4) is 0 Å². The number of halogens is 1. The molecule has 0 aliphatic heterocycles. The van der Waals surface area contributed by atoms with Gasteiger partial charge >= 0.3 is 5.97 Å². The highest BCUT2D eigenvalue weighted by Gasteiger charge is 2.13. The lowest BCUT2D eigenvalue weighted by atomic mass is 10.4. The Morgan fingerprint density at radius 3 is 3.14 bits per heavy atom. The SMILES string of the molecule is COC(=O)c1ncc2c(Br)cccn12. The minimum absolute atomic E-state index is 0.281. The van der Waals surface area contributed by atoms with Crippen LogP contribution in [-0.2, 0) is 4.74 Å². The summed E-state index contributed by atoms with van der Waals surface area (Å²) in [7, 11) is 1.33. The number of carbonyl (C=O) groups is 1. The molecule has 0 spiro atoms. The van der Waals surface area contributed by atoms with Gasteiger partial charge in [0.25, 0.3) is 0 Å². The van der Waals surface area contributed by atoms with E-state index < -0.39 is 5.97 Å². The molecule has 0 saturated carbocycles. The van der Waals surface area contributed by atoms with Crippen LogP contribution in [0.4, 0.5) is 0 Å². The molecule has 0 amide bonds. The monoisotopic (exact) mass is 254 g/mol. The van der Waals surface area contributed by atoms with Crippen LogP contribution in [0.25, 0.3) is 5.52 Å². The molecule has 0 unspecified atom stereocenters. The molecule has 0 aromatic carbocycles. The van der Waals surface area contributed by atoms with E-state index in [0.29, 0.717) is 0 Å². The summed E-state index contributed by atoms with van der Waals surface area (Å²) >= 11 is 3.37. The molecule has 0 atom stereocenters. The lowest BCUT2D eigenvalue weighted by Crippen LogP contribution is -2.06. The van der Waals surface area contributed by atoms with E-state index in [-0.39, 0.29) is 5.82 Å². The van der Waals surface area contributed by atoms with E-state index >= 15 is 0 Å². The number of fused-ring (bicyclic) bond motifs is 1. The molecular weight excluding hydrogens is 248 g/mol. The van der Waals surface area contributed by atoms with Gasteiger partial charge in [0, 0.05) is 10.7 Å². The number of aromatic nitrogens is 2. The number of imidazole rings is 1. The molecule has 0 bridgehead atoms. The number of hydrogen-bond acceptors (Lipinski definition) is 3. The summed E-state index contributed by atoms with van der Waals surface area (Å²) < 4.78 is 7.17. The zero-order valence-electron chi connectivity index (χ0n) is 7.40. The van der Waals surface area contributed by atoms with Gasteiger partial charge in [0.15, 0.2) is 0 Å². The highest BCUT2D eigenvalue weighted by Crippen LogP contribution is 2.18. The van der Waals surface area contributed by atoms with Crippen LogP contribution in [0.1, 0.15) is 10.6 Å². The summed E-state index contributed by atoms with van der Waals surface area (Å²) in [6.07, 6.45) is 3.38. The van der Waals surface area contributed by atoms with E-state index in [2.05, 4.69) is 25.7 Å². The topological polar surface area (TPSA) is 43.6 Å². The van der Waals surface area contributed by atoms with Crippen LogP contribution in [0.3, 0.4) is 0 Å². The highest BCUT2D eigenvalue weighted by atomic mass is 79.9. The van der Waals surface area contributed by atoms with Gasteiger partial charge in [-0.05, 0) is 28.1 Å². The van der Waals surface area contributed by atoms with Crippen molar-refractivity contribution < 1.29 is 9.53 Å². The quantitative estimate of drug-likeness (QED) is 0.731. The predicted octanol–water partition coefficient (Wildman–Crippen LogP) is 1.88. The highest BCUT2D eigenvalue weighted by molar-refractivity contribution is 9.10. The fourth-order valence-electron chi connectivity index (χ4n) is 1.23. The standard InChI is InChI=1S/C9H7BrN2O2/c1-14-9(13)8-11-5-7-6(10)3-2-4-12(7)8/h2-5H,1H3. The third-order valence-electron chi connectivity index (χ3n) is 1.89. The van der Waals surface area contributed by atoms with Gasteiger partial charge in [0.2, 0.25) is 5.82 Å². The first kappa shape index (κ1) is 9.21. The smallest absolute Gasteiger partial charge is 0.374 e. The maximum Gasteiger partial charge on any atom is 0.374 e. The van der Waals surface area contributed by atoms with Gasteiger partial charge in [0.1, 0.15) is 0 Å². The van der Waals surface area contributed by atoms with Crippen LogP contribution in [0.15, 0.2) is 29.0 Å². The summed E-state index contributed by atoms with van der Waals surface area (Å²) in [6, 6.07) is 3.71. The molecule has 0 radical (unpaired) electrons. The van der Waals surface area contributed by atoms with Crippen molar-refractivity contribution in [1.82, 2.24) is 9.38 Å². The lowest BCUT2D eigenvalue weighted by molar-refractivity contribution is 0.0586. The van der Waals surface area contributed by atoms with Crippen molar-refractivity contribution in [3.63, 3.8) is 0 Å². The number of hydrogen-bond donors (Lipinski definition) is 0. The minimum atomic E-state index is -0.442. The average molecular weight is 255 g/mol. The Balaban J connectivity index is 2.70. The maximum absolute atomic E-state index is 11.3. The Kier molecular flexibility index (Phi) is 2.25. The van der Waals surface area contributed by atoms with Gasteiger partial charge in [-0.25, -0.2) is 9.78 Å². The third kappa shape index (κ3) is 1.29. The first-order valence-electron chi connectivity index (χ1n) is 3.94. The molecule has 2 aromatic rings. The summed E-state index contributed by atoms with van der Waals surface area (Å²) in [5.41, 5.74) is 0.841. The second-order valence-corrected chi connectivity index (χ2v) is 3.54. The molecular formula is C9H7BrN2O2. The van der Waals surface area contributed by atoms with Crippen LogP contribution < -0.4 is 0 Å². The van der Waals surface area contributed by atoms with Crippen molar-refractivity contribution in [2.75, 3.05) is 7.11 Å². The fourth-order valence-corrected chi connectivity index (χ4v) is 1.68. The molecule has 2 rings (SSSR count). The number of nitrogens with zero attached hydrogens (tertiary/aromatic N) is 2. The van der Waals surface area contributed by atoms with E-state index in [4.69, 9.17) is 0 Å². The molecule has 0 aliphatic rings. The first-order valence-corrected chi connectivity index (χ1v) is 4.73. The number of ether oxygens (including phenoxy) is 1. The molecule has 2 aromatic heterocycles. The summed E-state index contributed by atoms with van der Waals surface area (Å²) in [5, 5.41) is 0. The van der Waals surface area contributed by atoms with E-state index in [1.807, 2.05) is 12.1 Å². The van der Waals surface area contributed by atoms with Gasteiger partial charge in [-0.2, -0.15) is 0 Å². The lowest BCUT2D eigenvalue weighted by Gasteiger charge is -1.99. The summed E-state index contributed by atoms with van der Waals surface area (Å²) in [5.74, 6) is -0.160. The van der Waals surface area contributed by atoms with Gasteiger partial charge in [-0.3, -0.25) is 4.40 Å². The van der Waals surface area contributed by atoms with E-state index in [0.717, 1.165) is 9.99 Å². The van der Waals surface area contributed by atoms with Crippen LogP contribution in [0, 0.1) is 0 Å². The van der Waals surface area contributed by atoms with E-state index in [1.54, 1.807) is 16.8 Å². The van der Waals surface area contributed by atoms with Crippen molar-refractivity contribution >= 4 is 27.4 Å². The number of pyridine rings is 1. The summed E-state index contributed by atoms with van der Waals surface area (Å²) in [4.78, 5) is 15.3. The van der Waals surface area contributed by atoms with Gasteiger partial charge in [0.05, 0.1) is 18.8 Å². The number of rotatable bonds is 1. The van der Waals surface area contributed by atoms with E-state index in [1.165, 1.54) is 7.11 Å². The van der Waals surface area contributed by atoms with Gasteiger partial charge < -0.3 is 4.74 Å². The molecule has 0 aliphatic carbocycles. The molecule has 5 heteroatoms. The Morgan fingerprint density at radius 2 is 2.43 bits per heavy atom. The Labute approximate surface area is 88.6 Å². The maximum atomic E-state index is 11.3. The van der Waals surface area contributed by atoms with Crippen molar-refractivity contribution in [3.05, 3.63) is 34.8 Å². The van der Waals surface area contributed by atoms with Crippen molar-refractivity contribution in [2.45, 2.75) is 0 Å². The number of methoxy groups -OCH3 is 1. The van der Waals surface area contributed by atoms with Crippen LogP contribution in [0.2, 0.25) is 0 Å². The Morgan fingerprint density at radius 1 is 1.64 bits per heavy atom. The molecule has 4 nitrogen and oxygen atoms in total. The fraction of sp³-hybridized carbons (Fsp3) is 0.111. The number of carbonyl (C=O) groups excluding carboxylic acids is 1. The average Bonchev–Trinajstić information content (AvgIpc) is 2.62. The molecule has 2 heterocycles. The van der Waals surface area contributed by atoms with Crippen LogP contribution in [0.5, 0.6) is 0 Å². The summed E-state index contributed by atoms with van der Waals surface area (Å²) in [6.45, 7) is 0. The molecule has 0 fully saturated rings. The van der Waals surface area contributed by atoms with E-state index in [9.17, 15) is 4.79 Å². The molecule has 72 valence electrons. The first-order chi connectivity index (χ1) is 6.74. The molecule has 14 heavy (non-hydrogen) atoms. The predicted molar refractivity (Wildman–Crippen MR) is 54.2 cm³/mol. The van der Waals surface area contributed by atoms with Crippen LogP contribution >= 0.6 is 15.9 Å². The molecule has 0 N–H and O–H groups in total. The normalized spacial score (nSPS) is 10.4. The third-order valence-corrected chi connectivity index (χ3v) is 2.56. The van der Waals surface area contributed by atoms with Gasteiger partial charge in [-0.15, -0.1) is 0 Å². The largest absolute Gasteiger partial charge is 0.463 e.